The molecule has 0 saturated carbocycles. The quantitative estimate of drug-likeness (QED) is 0.775. The molecule has 0 aromatic heterocycles. The molecule has 0 aliphatic heterocycles. The van der Waals surface area contributed by atoms with Crippen molar-refractivity contribution < 1.29 is 14.6 Å². The molecule has 2 N–H and O–H groups in total. The van der Waals surface area contributed by atoms with E-state index in [4.69, 9.17) is 10.00 Å². The number of nitrogens with zero attached hydrogens (tertiary/aromatic N) is 1. The molecular weight excluding hydrogens is 316 g/mol. The predicted molar refractivity (Wildman–Crippen MR) is 95.2 cm³/mol. The minimum absolute atomic E-state index is 0.219. The Bertz CT molecular complexity index is 753. The van der Waals surface area contributed by atoms with E-state index < -0.39 is 6.10 Å². The van der Waals surface area contributed by atoms with Crippen molar-refractivity contribution in [1.82, 2.24) is 5.32 Å². The molecule has 2 rings (SSSR count). The van der Waals surface area contributed by atoms with E-state index in [-0.39, 0.29) is 12.5 Å². The summed E-state index contributed by atoms with van der Waals surface area (Å²) in [7, 11) is 0. The highest BCUT2D eigenvalue weighted by atomic mass is 16.5. The zero-order chi connectivity index (χ0) is 18.1. The van der Waals surface area contributed by atoms with Crippen molar-refractivity contribution >= 4 is 5.91 Å². The molecule has 0 radical (unpaired) electrons. The van der Waals surface area contributed by atoms with E-state index in [0.29, 0.717) is 29.9 Å². The topological polar surface area (TPSA) is 82.3 Å². The summed E-state index contributed by atoms with van der Waals surface area (Å²) in [6, 6.07) is 16.1. The Kier molecular flexibility index (Phi) is 7.00. The third-order valence-electron chi connectivity index (χ3n) is 3.68. The summed E-state index contributed by atoms with van der Waals surface area (Å²) in [6.45, 7) is 2.53. The molecule has 25 heavy (non-hydrogen) atoms. The first-order valence-corrected chi connectivity index (χ1v) is 8.30. The van der Waals surface area contributed by atoms with Gasteiger partial charge < -0.3 is 15.2 Å². The highest BCUT2D eigenvalue weighted by Gasteiger charge is 2.09. The van der Waals surface area contributed by atoms with Crippen LogP contribution in [0.15, 0.2) is 48.5 Å². The van der Waals surface area contributed by atoms with Crippen LogP contribution in [0.25, 0.3) is 0 Å². The summed E-state index contributed by atoms with van der Waals surface area (Å²) in [5.74, 6) is 0.389. The highest BCUT2D eigenvalue weighted by molar-refractivity contribution is 5.94. The number of hydrogen-bond acceptors (Lipinski definition) is 4. The van der Waals surface area contributed by atoms with E-state index in [1.54, 1.807) is 42.5 Å². The van der Waals surface area contributed by atoms with Crippen LogP contribution in [-0.4, -0.2) is 23.7 Å². The van der Waals surface area contributed by atoms with Crippen LogP contribution >= 0.6 is 0 Å². The summed E-state index contributed by atoms with van der Waals surface area (Å²) < 4.78 is 5.68. The maximum absolute atomic E-state index is 12.2. The van der Waals surface area contributed by atoms with Crippen molar-refractivity contribution in [3.8, 4) is 11.8 Å². The number of amides is 1. The molecule has 2 aromatic carbocycles. The summed E-state index contributed by atoms with van der Waals surface area (Å²) in [6.07, 6.45) is 1.01. The fourth-order valence-electron chi connectivity index (χ4n) is 2.37. The Labute approximate surface area is 147 Å². The van der Waals surface area contributed by atoms with Gasteiger partial charge in [0.05, 0.1) is 17.7 Å². The van der Waals surface area contributed by atoms with E-state index in [1.165, 1.54) is 0 Å². The largest absolute Gasteiger partial charge is 0.489 e. The van der Waals surface area contributed by atoms with Gasteiger partial charge in [-0.05, 0) is 42.3 Å². The number of benzene rings is 2. The third kappa shape index (κ3) is 5.94. The van der Waals surface area contributed by atoms with Gasteiger partial charge in [-0.2, -0.15) is 5.26 Å². The second-order valence-electron chi connectivity index (χ2n) is 5.78. The van der Waals surface area contributed by atoms with E-state index in [2.05, 4.69) is 11.4 Å². The Morgan fingerprint density at radius 1 is 1.28 bits per heavy atom. The van der Waals surface area contributed by atoms with Gasteiger partial charge in [0, 0.05) is 12.1 Å². The molecule has 0 aliphatic rings. The first kappa shape index (κ1) is 18.5. The molecular formula is C20H22N2O3. The van der Waals surface area contributed by atoms with Crippen LogP contribution in [0.5, 0.6) is 5.75 Å². The van der Waals surface area contributed by atoms with Crippen LogP contribution < -0.4 is 10.1 Å². The molecule has 0 aliphatic carbocycles. The molecule has 1 atom stereocenters. The normalized spacial score (nSPS) is 11.4. The number of rotatable bonds is 8. The molecule has 130 valence electrons. The zero-order valence-electron chi connectivity index (χ0n) is 14.2. The number of carbonyl (C=O) groups excluding carboxylic acids is 1. The average molecular weight is 338 g/mol. The SMILES string of the molecule is CCCC(O)CNC(=O)c1cccc(COc2cccc(C#N)c2)c1. The molecule has 0 spiro atoms. The van der Waals surface area contributed by atoms with Gasteiger partial charge in [0.1, 0.15) is 12.4 Å². The maximum Gasteiger partial charge on any atom is 0.251 e. The molecule has 1 unspecified atom stereocenters. The van der Waals surface area contributed by atoms with Crippen LogP contribution in [0.4, 0.5) is 0 Å². The highest BCUT2D eigenvalue weighted by Crippen LogP contribution is 2.15. The minimum atomic E-state index is -0.520. The van der Waals surface area contributed by atoms with Gasteiger partial charge in [0.25, 0.3) is 5.91 Å². The molecule has 5 heteroatoms. The number of aliphatic hydroxyl groups is 1. The lowest BCUT2D eigenvalue weighted by Crippen LogP contribution is -2.32. The maximum atomic E-state index is 12.2. The van der Waals surface area contributed by atoms with Crippen molar-refractivity contribution in [3.05, 3.63) is 65.2 Å². The van der Waals surface area contributed by atoms with Gasteiger partial charge in [-0.15, -0.1) is 0 Å². The first-order valence-electron chi connectivity index (χ1n) is 8.30. The van der Waals surface area contributed by atoms with Crippen LogP contribution in [-0.2, 0) is 6.61 Å². The molecule has 0 fully saturated rings. The van der Waals surface area contributed by atoms with Crippen LogP contribution in [0.1, 0.15) is 41.3 Å². The number of nitriles is 1. The molecule has 0 bridgehead atoms. The Hall–Kier alpha value is -2.84. The summed E-state index contributed by atoms with van der Waals surface area (Å²) in [5.41, 5.74) is 1.91. The fourth-order valence-corrected chi connectivity index (χ4v) is 2.37. The summed E-state index contributed by atoms with van der Waals surface area (Å²) in [4.78, 5) is 12.2. The fraction of sp³-hybridized carbons (Fsp3) is 0.300. The van der Waals surface area contributed by atoms with E-state index in [0.717, 1.165) is 12.0 Å². The minimum Gasteiger partial charge on any atom is -0.489 e. The lowest BCUT2D eigenvalue weighted by Gasteiger charge is -2.11. The van der Waals surface area contributed by atoms with Crippen LogP contribution in [0.3, 0.4) is 0 Å². The van der Waals surface area contributed by atoms with Gasteiger partial charge in [-0.3, -0.25) is 4.79 Å². The van der Waals surface area contributed by atoms with E-state index in [9.17, 15) is 9.90 Å². The number of aliphatic hydroxyl groups excluding tert-OH is 1. The summed E-state index contributed by atoms with van der Waals surface area (Å²) in [5, 5.41) is 21.3. The second-order valence-corrected chi connectivity index (χ2v) is 5.78. The van der Waals surface area contributed by atoms with Crippen molar-refractivity contribution in [1.29, 1.82) is 5.26 Å². The molecule has 0 heterocycles. The number of nitrogens with one attached hydrogen (secondary N) is 1. The van der Waals surface area contributed by atoms with E-state index >= 15 is 0 Å². The molecule has 2 aromatic rings. The monoisotopic (exact) mass is 338 g/mol. The number of carbonyl (C=O) groups is 1. The third-order valence-corrected chi connectivity index (χ3v) is 3.68. The van der Waals surface area contributed by atoms with E-state index in [1.807, 2.05) is 13.0 Å². The first-order chi connectivity index (χ1) is 12.1. The van der Waals surface area contributed by atoms with Gasteiger partial charge in [-0.25, -0.2) is 0 Å². The van der Waals surface area contributed by atoms with Gasteiger partial charge in [-0.1, -0.05) is 31.5 Å². The smallest absolute Gasteiger partial charge is 0.251 e. The van der Waals surface area contributed by atoms with Gasteiger partial charge in [0.2, 0.25) is 0 Å². The average Bonchev–Trinajstić information content (AvgIpc) is 2.65. The van der Waals surface area contributed by atoms with Crippen LogP contribution in [0.2, 0.25) is 0 Å². The molecule has 0 saturated heterocycles. The lowest BCUT2D eigenvalue weighted by atomic mass is 10.1. The zero-order valence-corrected chi connectivity index (χ0v) is 14.2. The standard InChI is InChI=1S/C20H22N2O3/c1-2-5-18(23)13-22-20(24)17-8-3-7-16(10-17)14-25-19-9-4-6-15(11-19)12-21/h3-4,6-11,18,23H,2,5,13-14H2,1H3,(H,22,24). The molecule has 5 nitrogen and oxygen atoms in total. The van der Waals surface area contributed by atoms with Gasteiger partial charge in [0.15, 0.2) is 0 Å². The van der Waals surface area contributed by atoms with Crippen molar-refractivity contribution in [2.45, 2.75) is 32.5 Å². The lowest BCUT2D eigenvalue weighted by molar-refractivity contribution is 0.0910. The molecule has 1 amide bonds. The van der Waals surface area contributed by atoms with Crippen molar-refractivity contribution in [3.63, 3.8) is 0 Å². The van der Waals surface area contributed by atoms with Crippen LogP contribution in [0, 0.1) is 11.3 Å². The number of hydrogen-bond donors (Lipinski definition) is 2. The Morgan fingerprint density at radius 2 is 2.08 bits per heavy atom. The van der Waals surface area contributed by atoms with Crippen molar-refractivity contribution in [2.24, 2.45) is 0 Å². The summed E-state index contributed by atoms with van der Waals surface area (Å²) >= 11 is 0. The Balaban J connectivity index is 1.94. The van der Waals surface area contributed by atoms with Crippen molar-refractivity contribution in [2.75, 3.05) is 6.54 Å². The number of ether oxygens (including phenoxy) is 1. The predicted octanol–water partition coefficient (Wildman–Crippen LogP) is 3.03. The van der Waals surface area contributed by atoms with Gasteiger partial charge >= 0.3 is 0 Å². The second kappa shape index (κ2) is 9.45. The Morgan fingerprint density at radius 3 is 2.84 bits per heavy atom.